The molecule has 0 N–H and O–H groups in total. The maximum atomic E-state index is 12.9. The molecule has 1 aliphatic heterocycles. The molecule has 120 valence electrons. The Labute approximate surface area is 145 Å². The van der Waals surface area contributed by atoms with Crippen LogP contribution in [-0.2, 0) is 6.42 Å². The van der Waals surface area contributed by atoms with E-state index in [1.165, 1.54) is 5.56 Å². The summed E-state index contributed by atoms with van der Waals surface area (Å²) in [5.74, 6) is 0.809. The normalized spacial score (nSPS) is 16.2. The molecule has 0 saturated heterocycles. The van der Waals surface area contributed by atoms with E-state index < -0.39 is 0 Å². The Morgan fingerprint density at radius 3 is 2.67 bits per heavy atom. The summed E-state index contributed by atoms with van der Waals surface area (Å²) in [7, 11) is 0. The Morgan fingerprint density at radius 2 is 1.83 bits per heavy atom. The quantitative estimate of drug-likeness (QED) is 0.644. The minimum atomic E-state index is -0.120. The molecule has 1 atom stereocenters. The van der Waals surface area contributed by atoms with Gasteiger partial charge in [-0.25, -0.2) is 0 Å². The molecule has 1 aliphatic rings. The van der Waals surface area contributed by atoms with Crippen LogP contribution in [0.15, 0.2) is 65.1 Å². The molecule has 3 aromatic rings. The number of hydrogen-bond donors (Lipinski definition) is 0. The van der Waals surface area contributed by atoms with Gasteiger partial charge in [0.2, 0.25) is 0 Å². The van der Waals surface area contributed by atoms with Crippen molar-refractivity contribution in [2.75, 3.05) is 4.90 Å². The molecule has 1 unspecified atom stereocenters. The van der Waals surface area contributed by atoms with Crippen LogP contribution in [0, 0.1) is 0 Å². The summed E-state index contributed by atoms with van der Waals surface area (Å²) in [6.07, 6.45) is 0.861. The molecule has 2 heterocycles. The first-order valence-corrected chi connectivity index (χ1v) is 8.29. The first kappa shape index (κ1) is 15.0. The lowest BCUT2D eigenvalue weighted by molar-refractivity contribution is 0.0955. The fraction of sp³-hybridized carbons (Fsp3) is 0.150. The highest BCUT2D eigenvalue weighted by atomic mass is 35.5. The van der Waals surface area contributed by atoms with Gasteiger partial charge in [0, 0.05) is 17.3 Å². The zero-order valence-electron chi connectivity index (χ0n) is 13.2. The molecule has 0 bridgehead atoms. The summed E-state index contributed by atoms with van der Waals surface area (Å²) in [4.78, 5) is 14.8. The molecule has 0 aliphatic carbocycles. The lowest BCUT2D eigenvalue weighted by atomic mass is 10.1. The predicted octanol–water partition coefficient (Wildman–Crippen LogP) is 5.19. The molecular formula is C20H16ClNO2. The molecule has 4 rings (SSSR count). The molecule has 0 radical (unpaired) electrons. The Kier molecular flexibility index (Phi) is 3.66. The van der Waals surface area contributed by atoms with Crippen LogP contribution in [0.4, 0.5) is 5.69 Å². The van der Waals surface area contributed by atoms with Crippen LogP contribution < -0.4 is 4.90 Å². The fourth-order valence-corrected chi connectivity index (χ4v) is 3.48. The van der Waals surface area contributed by atoms with Gasteiger partial charge in [-0.05, 0) is 49.2 Å². The van der Waals surface area contributed by atoms with E-state index in [2.05, 4.69) is 13.0 Å². The number of nitrogens with zero attached hydrogens (tertiary/aromatic N) is 1. The van der Waals surface area contributed by atoms with Gasteiger partial charge >= 0.3 is 0 Å². The van der Waals surface area contributed by atoms with Gasteiger partial charge in [0.15, 0.2) is 5.76 Å². The van der Waals surface area contributed by atoms with Gasteiger partial charge in [0.1, 0.15) is 5.76 Å². The second-order valence-corrected chi connectivity index (χ2v) is 6.41. The number of furan rings is 1. The van der Waals surface area contributed by atoms with Crippen LogP contribution in [0.5, 0.6) is 0 Å². The number of carbonyl (C=O) groups is 1. The van der Waals surface area contributed by atoms with Crippen LogP contribution >= 0.6 is 11.6 Å². The van der Waals surface area contributed by atoms with Gasteiger partial charge in [-0.1, -0.05) is 41.9 Å². The molecule has 24 heavy (non-hydrogen) atoms. The van der Waals surface area contributed by atoms with Crippen molar-refractivity contribution in [3.05, 3.63) is 77.0 Å². The average molecular weight is 338 g/mol. The van der Waals surface area contributed by atoms with E-state index in [-0.39, 0.29) is 11.9 Å². The van der Waals surface area contributed by atoms with E-state index in [9.17, 15) is 4.79 Å². The van der Waals surface area contributed by atoms with Crippen molar-refractivity contribution in [2.45, 2.75) is 19.4 Å². The Morgan fingerprint density at radius 1 is 1.08 bits per heavy atom. The number of benzene rings is 2. The Balaban J connectivity index is 1.68. The minimum absolute atomic E-state index is 0.115. The van der Waals surface area contributed by atoms with Crippen LogP contribution in [-0.4, -0.2) is 11.9 Å². The van der Waals surface area contributed by atoms with Gasteiger partial charge in [0.25, 0.3) is 5.91 Å². The molecule has 1 amide bonds. The smallest absolute Gasteiger partial charge is 0.294 e. The number of halogens is 1. The lowest BCUT2D eigenvalue weighted by Crippen LogP contribution is -2.35. The summed E-state index contributed by atoms with van der Waals surface area (Å²) in [6, 6.07) is 19.1. The second kappa shape index (κ2) is 5.84. The molecule has 2 aromatic carbocycles. The fourth-order valence-electron chi connectivity index (χ4n) is 3.25. The number of anilines is 1. The second-order valence-electron chi connectivity index (χ2n) is 6.00. The zero-order chi connectivity index (χ0) is 16.7. The standard InChI is InChI=1S/C20H16ClNO2/c1-13-12-14-6-2-5-9-17(14)22(13)20(23)19-11-10-18(24-19)15-7-3-4-8-16(15)21/h2-11,13H,12H2,1H3. The maximum absolute atomic E-state index is 12.9. The Hall–Kier alpha value is -2.52. The SMILES string of the molecule is CC1Cc2ccccc2N1C(=O)c1ccc(-c2ccccc2Cl)o1. The highest BCUT2D eigenvalue weighted by molar-refractivity contribution is 6.33. The summed E-state index contributed by atoms with van der Waals surface area (Å²) < 4.78 is 5.81. The molecule has 0 spiro atoms. The highest BCUT2D eigenvalue weighted by Crippen LogP contribution is 2.34. The number of para-hydroxylation sites is 1. The monoisotopic (exact) mass is 337 g/mol. The Bertz CT molecular complexity index is 915. The predicted molar refractivity (Wildman–Crippen MR) is 95.6 cm³/mol. The van der Waals surface area contributed by atoms with Crippen molar-refractivity contribution >= 4 is 23.2 Å². The lowest BCUT2D eigenvalue weighted by Gasteiger charge is -2.21. The third kappa shape index (κ3) is 2.42. The molecule has 0 fully saturated rings. The summed E-state index contributed by atoms with van der Waals surface area (Å²) >= 11 is 6.21. The van der Waals surface area contributed by atoms with Crippen LogP contribution in [0.1, 0.15) is 23.0 Å². The topological polar surface area (TPSA) is 33.5 Å². The van der Waals surface area contributed by atoms with Crippen molar-refractivity contribution in [2.24, 2.45) is 0 Å². The largest absolute Gasteiger partial charge is 0.451 e. The van der Waals surface area contributed by atoms with Crippen LogP contribution in [0.25, 0.3) is 11.3 Å². The van der Waals surface area contributed by atoms with E-state index in [0.29, 0.717) is 16.5 Å². The van der Waals surface area contributed by atoms with Crippen LogP contribution in [0.2, 0.25) is 5.02 Å². The van der Waals surface area contributed by atoms with Crippen molar-refractivity contribution in [3.8, 4) is 11.3 Å². The number of rotatable bonds is 2. The average Bonchev–Trinajstić information content (AvgIpc) is 3.18. The third-order valence-corrected chi connectivity index (χ3v) is 4.71. The van der Waals surface area contributed by atoms with Crippen molar-refractivity contribution in [1.82, 2.24) is 0 Å². The highest BCUT2D eigenvalue weighted by Gasteiger charge is 2.32. The molecular weight excluding hydrogens is 322 g/mol. The third-order valence-electron chi connectivity index (χ3n) is 4.38. The first-order chi connectivity index (χ1) is 11.6. The van der Waals surface area contributed by atoms with Crippen molar-refractivity contribution < 1.29 is 9.21 Å². The van der Waals surface area contributed by atoms with Crippen molar-refractivity contribution in [3.63, 3.8) is 0 Å². The molecule has 0 saturated carbocycles. The number of hydrogen-bond acceptors (Lipinski definition) is 2. The van der Waals surface area contributed by atoms with Crippen LogP contribution in [0.3, 0.4) is 0 Å². The minimum Gasteiger partial charge on any atom is -0.451 e. The van der Waals surface area contributed by atoms with E-state index in [4.69, 9.17) is 16.0 Å². The number of fused-ring (bicyclic) bond motifs is 1. The molecule has 3 nitrogen and oxygen atoms in total. The summed E-state index contributed by atoms with van der Waals surface area (Å²) in [5.41, 5.74) is 2.94. The number of carbonyl (C=O) groups excluding carboxylic acids is 1. The summed E-state index contributed by atoms with van der Waals surface area (Å²) in [5, 5.41) is 0.603. The molecule has 4 heteroatoms. The van der Waals surface area contributed by atoms with Gasteiger partial charge in [-0.2, -0.15) is 0 Å². The van der Waals surface area contributed by atoms with Gasteiger partial charge < -0.3 is 9.32 Å². The van der Waals surface area contributed by atoms with E-state index in [1.807, 2.05) is 41.3 Å². The van der Waals surface area contributed by atoms with Gasteiger partial charge in [0.05, 0.1) is 5.02 Å². The van der Waals surface area contributed by atoms with E-state index in [1.54, 1.807) is 18.2 Å². The maximum Gasteiger partial charge on any atom is 0.294 e. The molecule has 1 aromatic heterocycles. The van der Waals surface area contributed by atoms with E-state index in [0.717, 1.165) is 17.7 Å². The zero-order valence-corrected chi connectivity index (χ0v) is 14.0. The van der Waals surface area contributed by atoms with Gasteiger partial charge in [-0.3, -0.25) is 4.79 Å². The number of amides is 1. The first-order valence-electron chi connectivity index (χ1n) is 7.91. The van der Waals surface area contributed by atoms with E-state index >= 15 is 0 Å². The van der Waals surface area contributed by atoms with Crippen molar-refractivity contribution in [1.29, 1.82) is 0 Å². The van der Waals surface area contributed by atoms with Gasteiger partial charge in [-0.15, -0.1) is 0 Å². The summed E-state index contributed by atoms with van der Waals surface area (Å²) in [6.45, 7) is 2.05.